The fourth-order valence-electron chi connectivity index (χ4n) is 3.87. The Bertz CT molecular complexity index is 926. The lowest BCUT2D eigenvalue weighted by Gasteiger charge is -2.29. The lowest BCUT2D eigenvalue weighted by Crippen LogP contribution is -2.52. The van der Waals surface area contributed by atoms with E-state index in [4.69, 9.17) is 0 Å². The van der Waals surface area contributed by atoms with Crippen LogP contribution in [0, 0.1) is 0 Å². The van der Waals surface area contributed by atoms with Gasteiger partial charge in [0.2, 0.25) is 11.8 Å². The molecule has 2 aliphatic rings. The van der Waals surface area contributed by atoms with Crippen molar-refractivity contribution in [3.8, 4) is 0 Å². The highest BCUT2D eigenvalue weighted by atomic mass is 16.2. The Morgan fingerprint density at radius 3 is 2.68 bits per heavy atom. The topological polar surface area (TPSA) is 78.5 Å². The van der Waals surface area contributed by atoms with Crippen molar-refractivity contribution in [3.05, 3.63) is 70.8 Å². The average Bonchev–Trinajstić information content (AvgIpc) is 3.02. The van der Waals surface area contributed by atoms with Gasteiger partial charge in [0.25, 0.3) is 5.91 Å². The summed E-state index contributed by atoms with van der Waals surface area (Å²) in [4.78, 5) is 37.8. The number of amides is 3. The van der Waals surface area contributed by atoms with Gasteiger partial charge < -0.3 is 10.2 Å². The van der Waals surface area contributed by atoms with Crippen LogP contribution in [0.2, 0.25) is 0 Å². The lowest BCUT2D eigenvalue weighted by molar-refractivity contribution is -0.136. The fourth-order valence-corrected chi connectivity index (χ4v) is 3.87. The summed E-state index contributed by atoms with van der Waals surface area (Å²) in [5.74, 6) is -0.788. The molecule has 144 valence electrons. The van der Waals surface area contributed by atoms with Crippen molar-refractivity contribution in [2.45, 2.75) is 44.9 Å². The second-order valence-electron chi connectivity index (χ2n) is 7.40. The lowest BCUT2D eigenvalue weighted by atomic mass is 10.0. The Morgan fingerprint density at radius 2 is 1.93 bits per heavy atom. The quantitative estimate of drug-likeness (QED) is 0.784. The molecule has 0 aromatic heterocycles. The molecule has 0 bridgehead atoms. The van der Waals surface area contributed by atoms with Crippen LogP contribution in [0.25, 0.3) is 0 Å². The van der Waals surface area contributed by atoms with Crippen molar-refractivity contribution in [2.75, 3.05) is 0 Å². The molecule has 6 heteroatoms. The van der Waals surface area contributed by atoms with E-state index in [-0.39, 0.29) is 30.2 Å². The van der Waals surface area contributed by atoms with Crippen LogP contribution in [0.5, 0.6) is 0 Å². The molecule has 3 amide bonds. The Hall–Kier alpha value is -2.99. The number of carbonyl (C=O) groups is 3. The Kier molecular flexibility index (Phi) is 4.96. The largest absolute Gasteiger partial charge is 0.322 e. The molecule has 2 aromatic rings. The highest BCUT2D eigenvalue weighted by Crippen LogP contribution is 2.28. The Morgan fingerprint density at radius 1 is 1.14 bits per heavy atom. The molecule has 2 atom stereocenters. The first-order valence-electron chi connectivity index (χ1n) is 9.57. The van der Waals surface area contributed by atoms with Crippen molar-refractivity contribution < 1.29 is 14.4 Å². The van der Waals surface area contributed by atoms with Gasteiger partial charge in [0.1, 0.15) is 6.04 Å². The molecule has 2 N–H and O–H groups in total. The van der Waals surface area contributed by atoms with Gasteiger partial charge in [-0.15, -0.1) is 0 Å². The molecule has 2 heterocycles. The van der Waals surface area contributed by atoms with Gasteiger partial charge in [-0.25, -0.2) is 0 Å². The van der Waals surface area contributed by atoms with Gasteiger partial charge in [0.05, 0.1) is 0 Å². The summed E-state index contributed by atoms with van der Waals surface area (Å²) < 4.78 is 0. The van der Waals surface area contributed by atoms with Crippen LogP contribution in [0.15, 0.2) is 48.5 Å². The SMILES string of the molecule is C[C@@H](NCc1ccc2c(c1)CN(C1CCC(=O)NC1=O)C2=O)c1ccccc1. The molecule has 1 unspecified atom stereocenters. The third-order valence-corrected chi connectivity index (χ3v) is 5.50. The van der Waals surface area contributed by atoms with Crippen LogP contribution >= 0.6 is 0 Å². The van der Waals surface area contributed by atoms with E-state index in [0.717, 1.165) is 11.1 Å². The smallest absolute Gasteiger partial charge is 0.255 e. The minimum atomic E-state index is -0.572. The maximum Gasteiger partial charge on any atom is 0.255 e. The summed E-state index contributed by atoms with van der Waals surface area (Å²) >= 11 is 0. The summed E-state index contributed by atoms with van der Waals surface area (Å²) in [6.45, 7) is 3.22. The van der Waals surface area contributed by atoms with E-state index < -0.39 is 6.04 Å². The zero-order chi connectivity index (χ0) is 19.7. The van der Waals surface area contributed by atoms with Crippen LogP contribution in [-0.2, 0) is 22.7 Å². The van der Waals surface area contributed by atoms with Crippen LogP contribution < -0.4 is 10.6 Å². The summed E-state index contributed by atoms with van der Waals surface area (Å²) in [5.41, 5.74) is 3.90. The number of rotatable bonds is 5. The summed E-state index contributed by atoms with van der Waals surface area (Å²) in [7, 11) is 0. The molecular formula is C22H23N3O3. The zero-order valence-corrected chi connectivity index (χ0v) is 15.8. The highest BCUT2D eigenvalue weighted by molar-refractivity contribution is 6.05. The summed E-state index contributed by atoms with van der Waals surface area (Å²) in [6, 6.07) is 15.7. The third-order valence-electron chi connectivity index (χ3n) is 5.50. The fraction of sp³-hybridized carbons (Fsp3) is 0.318. The normalized spacial score (nSPS) is 20.1. The number of imide groups is 1. The molecule has 0 spiro atoms. The molecule has 1 fully saturated rings. The molecule has 6 nitrogen and oxygen atoms in total. The predicted molar refractivity (Wildman–Crippen MR) is 104 cm³/mol. The number of nitrogens with zero attached hydrogens (tertiary/aromatic N) is 1. The van der Waals surface area contributed by atoms with E-state index in [1.807, 2.05) is 36.4 Å². The van der Waals surface area contributed by atoms with Gasteiger partial charge in [-0.1, -0.05) is 42.5 Å². The molecule has 0 radical (unpaired) electrons. The molecule has 0 saturated carbocycles. The highest BCUT2D eigenvalue weighted by Gasteiger charge is 2.38. The third kappa shape index (κ3) is 3.55. The minimum Gasteiger partial charge on any atom is -0.322 e. The second kappa shape index (κ2) is 7.56. The number of piperidine rings is 1. The van der Waals surface area contributed by atoms with Gasteiger partial charge in [0, 0.05) is 31.1 Å². The van der Waals surface area contributed by atoms with E-state index in [0.29, 0.717) is 25.1 Å². The number of fused-ring (bicyclic) bond motifs is 1. The Labute approximate surface area is 163 Å². The first-order valence-corrected chi connectivity index (χ1v) is 9.57. The van der Waals surface area contributed by atoms with E-state index in [1.165, 1.54) is 5.56 Å². The van der Waals surface area contributed by atoms with Gasteiger partial charge >= 0.3 is 0 Å². The minimum absolute atomic E-state index is 0.137. The van der Waals surface area contributed by atoms with Crippen molar-refractivity contribution >= 4 is 17.7 Å². The number of benzene rings is 2. The van der Waals surface area contributed by atoms with Gasteiger partial charge in [0.15, 0.2) is 0 Å². The monoisotopic (exact) mass is 377 g/mol. The van der Waals surface area contributed by atoms with Gasteiger partial charge in [-0.2, -0.15) is 0 Å². The summed E-state index contributed by atoms with van der Waals surface area (Å²) in [6.07, 6.45) is 0.649. The van der Waals surface area contributed by atoms with Crippen molar-refractivity contribution in [1.82, 2.24) is 15.5 Å². The van der Waals surface area contributed by atoms with Crippen LogP contribution in [-0.4, -0.2) is 28.7 Å². The number of carbonyl (C=O) groups excluding carboxylic acids is 3. The van der Waals surface area contributed by atoms with Gasteiger partial charge in [-0.3, -0.25) is 19.7 Å². The molecule has 1 saturated heterocycles. The van der Waals surface area contributed by atoms with Crippen molar-refractivity contribution in [2.24, 2.45) is 0 Å². The standard InChI is InChI=1S/C22H23N3O3/c1-14(16-5-3-2-4-6-16)23-12-15-7-8-18-17(11-15)13-25(22(18)28)19-9-10-20(26)24-21(19)27/h2-8,11,14,19,23H,9-10,12-13H2,1H3,(H,24,26,27)/t14-,19?/m1/s1. The first-order chi connectivity index (χ1) is 13.5. The van der Waals surface area contributed by atoms with Crippen LogP contribution in [0.3, 0.4) is 0 Å². The molecule has 0 aliphatic carbocycles. The zero-order valence-electron chi connectivity index (χ0n) is 15.8. The van der Waals surface area contributed by atoms with Crippen LogP contribution in [0.4, 0.5) is 0 Å². The number of hydrogen-bond donors (Lipinski definition) is 2. The number of nitrogens with one attached hydrogen (secondary N) is 2. The molecule has 28 heavy (non-hydrogen) atoms. The first kappa shape index (κ1) is 18.4. The maximum absolute atomic E-state index is 12.7. The molecular weight excluding hydrogens is 354 g/mol. The van der Waals surface area contributed by atoms with Crippen molar-refractivity contribution in [1.29, 1.82) is 0 Å². The second-order valence-corrected chi connectivity index (χ2v) is 7.40. The van der Waals surface area contributed by atoms with E-state index in [1.54, 1.807) is 4.90 Å². The van der Waals surface area contributed by atoms with E-state index in [9.17, 15) is 14.4 Å². The van der Waals surface area contributed by atoms with Crippen LogP contribution in [0.1, 0.15) is 52.9 Å². The average molecular weight is 377 g/mol. The number of hydrogen-bond acceptors (Lipinski definition) is 4. The molecule has 4 rings (SSSR count). The van der Waals surface area contributed by atoms with E-state index in [2.05, 4.69) is 29.7 Å². The van der Waals surface area contributed by atoms with Gasteiger partial charge in [-0.05, 0) is 36.1 Å². The molecule has 2 aromatic carbocycles. The molecule has 2 aliphatic heterocycles. The maximum atomic E-state index is 12.7. The Balaban J connectivity index is 1.44. The van der Waals surface area contributed by atoms with Crippen molar-refractivity contribution in [3.63, 3.8) is 0 Å². The summed E-state index contributed by atoms with van der Waals surface area (Å²) in [5, 5.41) is 5.84. The predicted octanol–water partition coefficient (Wildman–Crippen LogP) is 2.30. The van der Waals surface area contributed by atoms with E-state index >= 15 is 0 Å².